The van der Waals surface area contributed by atoms with Gasteiger partial charge in [0.15, 0.2) is 0 Å². The van der Waals surface area contributed by atoms with Crippen LogP contribution in [-0.2, 0) is 6.42 Å². The third kappa shape index (κ3) is 3.23. The summed E-state index contributed by atoms with van der Waals surface area (Å²) in [5, 5.41) is 16.7. The molecule has 2 heterocycles. The first-order chi connectivity index (χ1) is 11.2. The summed E-state index contributed by atoms with van der Waals surface area (Å²) in [4.78, 5) is 16.9. The van der Waals surface area contributed by atoms with Crippen LogP contribution in [0.4, 0.5) is 5.69 Å². The van der Waals surface area contributed by atoms with Gasteiger partial charge in [-0.1, -0.05) is 19.1 Å². The second-order valence-electron chi connectivity index (χ2n) is 5.06. The maximum atomic E-state index is 12.4. The van der Waals surface area contributed by atoms with Gasteiger partial charge in [-0.05, 0) is 42.8 Å². The van der Waals surface area contributed by atoms with Crippen molar-refractivity contribution in [1.82, 2.24) is 25.6 Å². The monoisotopic (exact) mass is 308 g/mol. The van der Waals surface area contributed by atoms with Gasteiger partial charge < -0.3 is 5.32 Å². The minimum atomic E-state index is -0.192. The van der Waals surface area contributed by atoms with E-state index in [0.29, 0.717) is 17.1 Å². The average Bonchev–Trinajstić information content (AvgIpc) is 3.09. The molecule has 0 saturated heterocycles. The van der Waals surface area contributed by atoms with E-state index in [1.807, 2.05) is 38.1 Å². The number of benzene rings is 1. The molecule has 0 saturated carbocycles. The Balaban J connectivity index is 1.82. The van der Waals surface area contributed by atoms with Crippen LogP contribution >= 0.6 is 0 Å². The lowest BCUT2D eigenvalue weighted by atomic mass is 10.1. The molecule has 1 aromatic carbocycles. The number of aryl methyl sites for hydroxylation is 2. The van der Waals surface area contributed by atoms with Crippen molar-refractivity contribution in [1.29, 1.82) is 0 Å². The number of carbonyl (C=O) groups is 1. The summed E-state index contributed by atoms with van der Waals surface area (Å²) in [6.45, 7) is 3.87. The van der Waals surface area contributed by atoms with Gasteiger partial charge in [-0.25, -0.2) is 0 Å². The van der Waals surface area contributed by atoms with Crippen molar-refractivity contribution in [2.24, 2.45) is 0 Å². The van der Waals surface area contributed by atoms with Gasteiger partial charge in [-0.3, -0.25) is 9.78 Å². The Hall–Kier alpha value is -3.09. The molecular formula is C16H16N6O. The zero-order valence-electron chi connectivity index (χ0n) is 12.9. The second kappa shape index (κ2) is 6.35. The molecule has 2 N–H and O–H groups in total. The molecule has 1 amide bonds. The standard InChI is InChI=1S/C16H16N6O/c1-3-12-7-8-14(10(2)17-12)16(23)18-13-6-4-5-11(9-13)15-19-21-22-20-15/h4-9H,3H2,1-2H3,(H,18,23)(H,19,20,21,22). The Morgan fingerprint density at radius 2 is 2.13 bits per heavy atom. The second-order valence-corrected chi connectivity index (χ2v) is 5.06. The van der Waals surface area contributed by atoms with E-state index in [9.17, 15) is 4.79 Å². The predicted molar refractivity (Wildman–Crippen MR) is 85.9 cm³/mol. The predicted octanol–water partition coefficient (Wildman–Crippen LogP) is 2.38. The molecule has 0 aliphatic heterocycles. The zero-order valence-corrected chi connectivity index (χ0v) is 12.9. The highest BCUT2D eigenvalue weighted by Gasteiger charge is 2.12. The van der Waals surface area contributed by atoms with E-state index < -0.39 is 0 Å². The smallest absolute Gasteiger partial charge is 0.257 e. The van der Waals surface area contributed by atoms with Gasteiger partial charge in [0, 0.05) is 16.9 Å². The molecule has 0 aliphatic carbocycles. The Bertz CT molecular complexity index is 828. The Morgan fingerprint density at radius 3 is 2.83 bits per heavy atom. The van der Waals surface area contributed by atoms with E-state index in [2.05, 4.69) is 30.9 Å². The van der Waals surface area contributed by atoms with Crippen LogP contribution in [0.2, 0.25) is 0 Å². The van der Waals surface area contributed by atoms with Gasteiger partial charge in [-0.15, -0.1) is 10.2 Å². The first-order valence-corrected chi connectivity index (χ1v) is 7.29. The first-order valence-electron chi connectivity index (χ1n) is 7.29. The summed E-state index contributed by atoms with van der Waals surface area (Å²) in [6, 6.07) is 11.0. The van der Waals surface area contributed by atoms with E-state index >= 15 is 0 Å². The fourth-order valence-corrected chi connectivity index (χ4v) is 2.27. The van der Waals surface area contributed by atoms with E-state index in [4.69, 9.17) is 0 Å². The SMILES string of the molecule is CCc1ccc(C(=O)Nc2cccc(-c3nn[nH]n3)c2)c(C)n1. The normalized spacial score (nSPS) is 10.5. The molecule has 0 atom stereocenters. The number of anilines is 1. The van der Waals surface area contributed by atoms with Crippen molar-refractivity contribution in [3.8, 4) is 11.4 Å². The van der Waals surface area contributed by atoms with Crippen LogP contribution < -0.4 is 5.32 Å². The number of nitrogens with zero attached hydrogens (tertiary/aromatic N) is 4. The molecule has 7 heteroatoms. The number of nitrogens with one attached hydrogen (secondary N) is 2. The average molecular weight is 308 g/mol. The molecule has 0 radical (unpaired) electrons. The van der Waals surface area contributed by atoms with Crippen molar-refractivity contribution in [3.63, 3.8) is 0 Å². The van der Waals surface area contributed by atoms with Crippen LogP contribution in [0.1, 0.15) is 28.7 Å². The molecule has 0 bridgehead atoms. The van der Waals surface area contributed by atoms with Crippen LogP contribution in [0, 0.1) is 6.92 Å². The molecule has 7 nitrogen and oxygen atoms in total. The highest BCUT2D eigenvalue weighted by Crippen LogP contribution is 2.19. The lowest BCUT2D eigenvalue weighted by molar-refractivity contribution is 0.102. The molecule has 0 unspecified atom stereocenters. The highest BCUT2D eigenvalue weighted by molar-refractivity contribution is 6.05. The number of tetrazole rings is 1. The molecule has 116 valence electrons. The van der Waals surface area contributed by atoms with E-state index in [-0.39, 0.29) is 5.91 Å². The molecule has 2 aromatic heterocycles. The Morgan fingerprint density at radius 1 is 1.26 bits per heavy atom. The van der Waals surface area contributed by atoms with E-state index in [1.54, 1.807) is 12.1 Å². The Kier molecular flexibility index (Phi) is 4.09. The zero-order chi connectivity index (χ0) is 16.2. The summed E-state index contributed by atoms with van der Waals surface area (Å²) in [7, 11) is 0. The number of pyridine rings is 1. The first kappa shape index (κ1) is 14.8. The van der Waals surface area contributed by atoms with Gasteiger partial charge in [-0.2, -0.15) is 5.21 Å². The van der Waals surface area contributed by atoms with Crippen molar-refractivity contribution in [2.75, 3.05) is 5.32 Å². The van der Waals surface area contributed by atoms with E-state index in [0.717, 1.165) is 23.4 Å². The number of hydrogen-bond donors (Lipinski definition) is 2. The van der Waals surface area contributed by atoms with Crippen LogP contribution in [0.5, 0.6) is 0 Å². The van der Waals surface area contributed by atoms with Crippen LogP contribution in [-0.4, -0.2) is 31.5 Å². The minimum Gasteiger partial charge on any atom is -0.322 e. The lowest BCUT2D eigenvalue weighted by Crippen LogP contribution is -2.14. The number of H-pyrrole nitrogens is 1. The highest BCUT2D eigenvalue weighted by atomic mass is 16.1. The third-order valence-electron chi connectivity index (χ3n) is 3.47. The summed E-state index contributed by atoms with van der Waals surface area (Å²) >= 11 is 0. The minimum absolute atomic E-state index is 0.192. The summed E-state index contributed by atoms with van der Waals surface area (Å²) in [5.41, 5.74) is 3.69. The molecule has 0 spiro atoms. The topological polar surface area (TPSA) is 96.5 Å². The molecular weight excluding hydrogens is 292 g/mol. The van der Waals surface area contributed by atoms with Gasteiger partial charge >= 0.3 is 0 Å². The molecule has 0 aliphatic rings. The van der Waals surface area contributed by atoms with Crippen LogP contribution in [0.15, 0.2) is 36.4 Å². The third-order valence-corrected chi connectivity index (χ3v) is 3.47. The maximum Gasteiger partial charge on any atom is 0.257 e. The summed E-state index contributed by atoms with van der Waals surface area (Å²) < 4.78 is 0. The van der Waals surface area contributed by atoms with Gasteiger partial charge in [0.25, 0.3) is 5.91 Å². The van der Waals surface area contributed by atoms with Crippen LogP contribution in [0.3, 0.4) is 0 Å². The van der Waals surface area contributed by atoms with E-state index in [1.165, 1.54) is 0 Å². The fourth-order valence-electron chi connectivity index (χ4n) is 2.27. The number of rotatable bonds is 4. The van der Waals surface area contributed by atoms with Crippen molar-refractivity contribution in [2.45, 2.75) is 20.3 Å². The molecule has 3 rings (SSSR count). The lowest BCUT2D eigenvalue weighted by Gasteiger charge is -2.09. The summed E-state index contributed by atoms with van der Waals surface area (Å²) in [5.74, 6) is 0.286. The number of aromatic amines is 1. The number of aromatic nitrogens is 5. The quantitative estimate of drug-likeness (QED) is 0.771. The Labute approximate surface area is 133 Å². The molecule has 0 fully saturated rings. The summed E-state index contributed by atoms with van der Waals surface area (Å²) in [6.07, 6.45) is 0.843. The fraction of sp³-hybridized carbons (Fsp3) is 0.188. The van der Waals surface area contributed by atoms with Crippen molar-refractivity contribution in [3.05, 3.63) is 53.3 Å². The van der Waals surface area contributed by atoms with Gasteiger partial charge in [0.2, 0.25) is 5.82 Å². The largest absolute Gasteiger partial charge is 0.322 e. The molecule has 23 heavy (non-hydrogen) atoms. The van der Waals surface area contributed by atoms with Crippen LogP contribution in [0.25, 0.3) is 11.4 Å². The van der Waals surface area contributed by atoms with Crippen molar-refractivity contribution >= 4 is 11.6 Å². The maximum absolute atomic E-state index is 12.4. The number of hydrogen-bond acceptors (Lipinski definition) is 5. The number of carbonyl (C=O) groups excluding carboxylic acids is 1. The van der Waals surface area contributed by atoms with Crippen molar-refractivity contribution < 1.29 is 4.79 Å². The van der Waals surface area contributed by atoms with Gasteiger partial charge in [0.05, 0.1) is 11.3 Å². The van der Waals surface area contributed by atoms with Gasteiger partial charge in [0.1, 0.15) is 0 Å². The molecule has 3 aromatic rings. The number of amides is 1.